The van der Waals surface area contributed by atoms with Crippen LogP contribution in [-0.4, -0.2) is 29.9 Å². The minimum Gasteiger partial charge on any atom is -0.494 e. The Morgan fingerprint density at radius 2 is 1.88 bits per heavy atom. The third kappa shape index (κ3) is 4.33. The topological polar surface area (TPSA) is 80.3 Å². The number of hydrogen-bond donors (Lipinski definition) is 2. The Hall–Kier alpha value is -2.93. The van der Waals surface area contributed by atoms with E-state index in [-0.39, 0.29) is 18.4 Å². The molecule has 0 bridgehead atoms. The van der Waals surface area contributed by atoms with E-state index in [2.05, 4.69) is 15.6 Å². The minimum absolute atomic E-state index is 0.123. The van der Waals surface area contributed by atoms with E-state index in [1.165, 1.54) is 11.3 Å². The number of nitrogens with one attached hydrogen (secondary N) is 2. The third-order valence-electron chi connectivity index (χ3n) is 3.38. The summed E-state index contributed by atoms with van der Waals surface area (Å²) in [6.45, 7) is 2.34. The lowest BCUT2D eigenvalue weighted by Gasteiger charge is -2.06. The monoisotopic (exact) mass is 355 g/mol. The maximum absolute atomic E-state index is 12.1. The Balaban J connectivity index is 1.53. The summed E-state index contributed by atoms with van der Waals surface area (Å²) in [5.41, 5.74) is 1.30. The smallest absolute Gasteiger partial charge is 0.251 e. The Morgan fingerprint density at radius 1 is 1.12 bits per heavy atom. The molecule has 6 nitrogen and oxygen atoms in total. The first-order valence-corrected chi connectivity index (χ1v) is 8.64. The van der Waals surface area contributed by atoms with Crippen LogP contribution in [0.3, 0.4) is 0 Å². The van der Waals surface area contributed by atoms with Crippen LogP contribution in [0.1, 0.15) is 17.3 Å². The molecular weight excluding hydrogens is 338 g/mol. The number of carbonyl (C=O) groups excluding carboxylic acids is 2. The molecule has 0 atom stereocenters. The molecule has 0 radical (unpaired) electrons. The normalized spacial score (nSPS) is 10.4. The number of amides is 2. The summed E-state index contributed by atoms with van der Waals surface area (Å²) in [6, 6.07) is 14.4. The van der Waals surface area contributed by atoms with Gasteiger partial charge in [-0.2, -0.15) is 0 Å². The van der Waals surface area contributed by atoms with Crippen LogP contribution in [0.15, 0.2) is 48.5 Å². The average Bonchev–Trinajstić information content (AvgIpc) is 3.02. The summed E-state index contributed by atoms with van der Waals surface area (Å²) in [7, 11) is 0. The number of para-hydroxylation sites is 1. The number of ether oxygens (including phenoxy) is 1. The van der Waals surface area contributed by atoms with Crippen molar-refractivity contribution in [2.45, 2.75) is 6.92 Å². The predicted molar refractivity (Wildman–Crippen MR) is 98.2 cm³/mol. The van der Waals surface area contributed by atoms with Gasteiger partial charge in [-0.3, -0.25) is 9.59 Å². The lowest BCUT2D eigenvalue weighted by Crippen LogP contribution is -2.32. The van der Waals surface area contributed by atoms with Gasteiger partial charge < -0.3 is 15.4 Å². The van der Waals surface area contributed by atoms with E-state index in [9.17, 15) is 9.59 Å². The van der Waals surface area contributed by atoms with Crippen LogP contribution in [0.4, 0.5) is 5.13 Å². The van der Waals surface area contributed by atoms with Crippen molar-refractivity contribution < 1.29 is 14.3 Å². The van der Waals surface area contributed by atoms with Gasteiger partial charge in [-0.15, -0.1) is 0 Å². The van der Waals surface area contributed by atoms with Gasteiger partial charge >= 0.3 is 0 Å². The minimum atomic E-state index is -0.321. The molecule has 0 saturated carbocycles. The lowest BCUT2D eigenvalue weighted by atomic mass is 10.2. The summed E-state index contributed by atoms with van der Waals surface area (Å²) >= 11 is 1.39. The molecular formula is C18H17N3O3S. The Labute approximate surface area is 148 Å². The van der Waals surface area contributed by atoms with Crippen LogP contribution in [-0.2, 0) is 4.79 Å². The Kier molecular flexibility index (Phi) is 5.25. The molecule has 3 aromatic rings. The second kappa shape index (κ2) is 7.76. The van der Waals surface area contributed by atoms with E-state index in [0.717, 1.165) is 10.2 Å². The molecule has 0 aliphatic heterocycles. The summed E-state index contributed by atoms with van der Waals surface area (Å²) in [4.78, 5) is 28.4. The first-order chi connectivity index (χ1) is 12.2. The van der Waals surface area contributed by atoms with E-state index in [1.807, 2.05) is 31.2 Å². The summed E-state index contributed by atoms with van der Waals surface area (Å²) < 4.78 is 6.32. The summed E-state index contributed by atoms with van der Waals surface area (Å²) in [6.07, 6.45) is 0. The number of aromatic nitrogens is 1. The molecule has 25 heavy (non-hydrogen) atoms. The van der Waals surface area contributed by atoms with Gasteiger partial charge in [-0.1, -0.05) is 23.5 Å². The molecule has 2 N–H and O–H groups in total. The largest absolute Gasteiger partial charge is 0.494 e. The number of carbonyl (C=O) groups is 2. The fraction of sp³-hybridized carbons (Fsp3) is 0.167. The molecule has 0 spiro atoms. The van der Waals surface area contributed by atoms with Gasteiger partial charge in [0.1, 0.15) is 5.75 Å². The molecule has 1 aromatic heterocycles. The van der Waals surface area contributed by atoms with Crippen LogP contribution in [0.2, 0.25) is 0 Å². The van der Waals surface area contributed by atoms with Gasteiger partial charge in [-0.05, 0) is 43.3 Å². The Morgan fingerprint density at radius 3 is 2.60 bits per heavy atom. The van der Waals surface area contributed by atoms with Gasteiger partial charge in [0, 0.05) is 5.56 Å². The Bertz CT molecular complexity index is 857. The van der Waals surface area contributed by atoms with Crippen molar-refractivity contribution in [3.63, 3.8) is 0 Å². The molecule has 128 valence electrons. The molecule has 0 saturated heterocycles. The van der Waals surface area contributed by atoms with Crippen molar-refractivity contribution in [3.05, 3.63) is 54.1 Å². The van der Waals surface area contributed by atoms with Crippen molar-refractivity contribution in [1.29, 1.82) is 0 Å². The molecule has 2 amide bonds. The summed E-state index contributed by atoms with van der Waals surface area (Å²) in [5, 5.41) is 5.80. The summed E-state index contributed by atoms with van der Waals surface area (Å²) in [5.74, 6) is 0.0634. The maximum atomic E-state index is 12.1. The highest BCUT2D eigenvalue weighted by molar-refractivity contribution is 7.22. The first-order valence-electron chi connectivity index (χ1n) is 7.82. The molecule has 1 heterocycles. The van der Waals surface area contributed by atoms with Crippen molar-refractivity contribution >= 4 is 38.5 Å². The van der Waals surface area contributed by atoms with Crippen LogP contribution in [0, 0.1) is 0 Å². The van der Waals surface area contributed by atoms with Crippen molar-refractivity contribution in [2.75, 3.05) is 18.5 Å². The van der Waals surface area contributed by atoms with Crippen LogP contribution >= 0.6 is 11.3 Å². The van der Waals surface area contributed by atoms with E-state index >= 15 is 0 Å². The first kappa shape index (κ1) is 16.9. The molecule has 0 unspecified atom stereocenters. The van der Waals surface area contributed by atoms with E-state index in [4.69, 9.17) is 4.74 Å². The zero-order valence-electron chi connectivity index (χ0n) is 13.6. The van der Waals surface area contributed by atoms with Gasteiger partial charge in [0.15, 0.2) is 5.13 Å². The standard InChI is InChI=1S/C18H17N3O3S/c1-2-24-13-9-7-12(8-10-13)17(23)19-11-16(22)21-18-20-14-5-3-4-6-15(14)25-18/h3-10H,2,11H2,1H3,(H,19,23)(H,20,21,22). The van der Waals surface area contributed by atoms with Gasteiger partial charge in [-0.25, -0.2) is 4.98 Å². The SMILES string of the molecule is CCOc1ccc(C(=O)NCC(=O)Nc2nc3ccccc3s2)cc1. The zero-order chi connectivity index (χ0) is 17.6. The molecule has 2 aromatic carbocycles. The number of hydrogen-bond acceptors (Lipinski definition) is 5. The van der Waals surface area contributed by atoms with Crippen LogP contribution in [0.25, 0.3) is 10.2 Å². The highest BCUT2D eigenvalue weighted by Crippen LogP contribution is 2.25. The number of anilines is 1. The second-order valence-electron chi connectivity index (χ2n) is 5.17. The molecule has 0 aliphatic carbocycles. The van der Waals surface area contributed by atoms with E-state index in [0.29, 0.717) is 23.1 Å². The van der Waals surface area contributed by atoms with Crippen molar-refractivity contribution in [2.24, 2.45) is 0 Å². The van der Waals surface area contributed by atoms with Gasteiger partial charge in [0.25, 0.3) is 5.91 Å². The van der Waals surface area contributed by atoms with Crippen molar-refractivity contribution in [1.82, 2.24) is 10.3 Å². The number of thiazole rings is 1. The van der Waals surface area contributed by atoms with Crippen LogP contribution in [0.5, 0.6) is 5.75 Å². The zero-order valence-corrected chi connectivity index (χ0v) is 14.4. The fourth-order valence-corrected chi connectivity index (χ4v) is 3.10. The molecule has 0 aliphatic rings. The molecule has 7 heteroatoms. The predicted octanol–water partition coefficient (Wildman–Crippen LogP) is 3.06. The quantitative estimate of drug-likeness (QED) is 0.712. The highest BCUT2D eigenvalue weighted by Gasteiger charge is 2.10. The number of nitrogens with zero attached hydrogens (tertiary/aromatic N) is 1. The number of rotatable bonds is 6. The van der Waals surface area contributed by atoms with Gasteiger partial charge in [0.05, 0.1) is 23.4 Å². The highest BCUT2D eigenvalue weighted by atomic mass is 32.1. The van der Waals surface area contributed by atoms with E-state index in [1.54, 1.807) is 24.3 Å². The maximum Gasteiger partial charge on any atom is 0.251 e. The number of benzene rings is 2. The second-order valence-corrected chi connectivity index (χ2v) is 6.21. The molecule has 0 fully saturated rings. The number of fused-ring (bicyclic) bond motifs is 1. The van der Waals surface area contributed by atoms with Crippen molar-refractivity contribution in [3.8, 4) is 5.75 Å². The lowest BCUT2D eigenvalue weighted by molar-refractivity contribution is -0.115. The average molecular weight is 355 g/mol. The van der Waals surface area contributed by atoms with E-state index < -0.39 is 0 Å². The molecule has 3 rings (SSSR count). The van der Waals surface area contributed by atoms with Crippen LogP contribution < -0.4 is 15.4 Å². The van der Waals surface area contributed by atoms with Gasteiger partial charge in [0.2, 0.25) is 5.91 Å². The third-order valence-corrected chi connectivity index (χ3v) is 4.33. The fourth-order valence-electron chi connectivity index (χ4n) is 2.22.